The van der Waals surface area contributed by atoms with E-state index in [2.05, 4.69) is 80.0 Å². The molecule has 0 radical (unpaired) electrons. The van der Waals surface area contributed by atoms with Crippen molar-refractivity contribution in [1.29, 1.82) is 0 Å². The number of aromatic nitrogens is 6. The molecule has 22 heteroatoms. The lowest BCUT2D eigenvalue weighted by Gasteiger charge is -2.46. The summed E-state index contributed by atoms with van der Waals surface area (Å²) >= 11 is 0. The first-order valence-electron chi connectivity index (χ1n) is 33.7. The van der Waals surface area contributed by atoms with Crippen LogP contribution < -0.4 is 31.1 Å². The second-order valence-corrected chi connectivity index (χ2v) is 28.8. The number of halogens is 4. The Bertz CT molecular complexity index is 4100. The molecule has 0 unspecified atom stereocenters. The molecular weight excluding hydrogens is 1220 g/mol. The number of pyridine rings is 2. The number of aryl methyl sites for hydroxylation is 2. The van der Waals surface area contributed by atoms with E-state index in [1.807, 2.05) is 137 Å². The molecule has 4 amide bonds. The summed E-state index contributed by atoms with van der Waals surface area (Å²) in [6, 6.07) is 28.3. The van der Waals surface area contributed by atoms with Gasteiger partial charge in [0, 0.05) is 120 Å². The third-order valence-corrected chi connectivity index (χ3v) is 21.3. The summed E-state index contributed by atoms with van der Waals surface area (Å²) in [5.74, 6) is -0.0701. The third-order valence-electron chi connectivity index (χ3n) is 21.3. The predicted octanol–water partition coefficient (Wildman–Crippen LogP) is 13.7. The quantitative estimate of drug-likeness (QED) is 0.0671. The molecule has 2 aliphatic carbocycles. The van der Waals surface area contributed by atoms with Crippen molar-refractivity contribution >= 4 is 80.1 Å². The topological polar surface area (TPSA) is 191 Å². The van der Waals surface area contributed by atoms with E-state index in [1.54, 1.807) is 14.1 Å². The highest BCUT2D eigenvalue weighted by Crippen LogP contribution is 2.51. The molecule has 6 aliphatic rings. The molecule has 2 saturated carbocycles. The van der Waals surface area contributed by atoms with Crippen LogP contribution in [0.4, 0.5) is 51.9 Å². The second kappa shape index (κ2) is 25.3. The number of amides is 4. The summed E-state index contributed by atoms with van der Waals surface area (Å²) in [7, 11) is 3.23. The summed E-state index contributed by atoms with van der Waals surface area (Å²) in [6.07, 6.45) is 3.25. The molecule has 0 spiro atoms. The maximum Gasteiger partial charge on any atom is 0.251 e. The van der Waals surface area contributed by atoms with Crippen molar-refractivity contribution < 1.29 is 36.7 Å². The van der Waals surface area contributed by atoms with Crippen molar-refractivity contribution in [2.75, 3.05) is 60.7 Å². The van der Waals surface area contributed by atoms with Crippen molar-refractivity contribution in [1.82, 2.24) is 49.5 Å². The van der Waals surface area contributed by atoms with Crippen molar-refractivity contribution in [2.45, 2.75) is 168 Å². The Morgan fingerprint density at radius 1 is 0.531 bits per heavy atom. The summed E-state index contributed by atoms with van der Waals surface area (Å²) in [6.45, 7) is 22.3. The third kappa shape index (κ3) is 11.7. The average molecular weight is 1310 g/mol. The molecule has 4 N–H and O–H groups in total. The van der Waals surface area contributed by atoms with Crippen LogP contribution in [-0.4, -0.2) is 140 Å². The van der Waals surface area contributed by atoms with E-state index >= 15 is 0 Å². The zero-order valence-corrected chi connectivity index (χ0v) is 56.7. The average Bonchev–Trinajstić information content (AvgIpc) is 1.57. The van der Waals surface area contributed by atoms with E-state index in [0.29, 0.717) is 73.2 Å². The van der Waals surface area contributed by atoms with Gasteiger partial charge in [-0.1, -0.05) is 36.4 Å². The van der Waals surface area contributed by atoms with Gasteiger partial charge in [-0.3, -0.25) is 29.0 Å². The van der Waals surface area contributed by atoms with Gasteiger partial charge in [-0.25, -0.2) is 37.5 Å². The van der Waals surface area contributed by atoms with E-state index in [4.69, 9.17) is 19.9 Å². The van der Waals surface area contributed by atoms with E-state index < -0.39 is 35.5 Å². The molecule has 96 heavy (non-hydrogen) atoms. The van der Waals surface area contributed by atoms with Crippen LogP contribution in [0.2, 0.25) is 0 Å². The van der Waals surface area contributed by atoms with Crippen LogP contribution >= 0.6 is 0 Å². The van der Waals surface area contributed by atoms with Crippen molar-refractivity contribution in [2.24, 2.45) is 11.8 Å². The standard InChI is InChI=1S/2C37H43F2N7O2/c2*1-20(2)45-19-41-30-17-29(43-34(32(30)45)42-24-9-7-21(3)27(14-24)35(47)40-6)22-8-10-28-31(13-22)46(36(48)37(28,4)5)26-15-25(16-26)44-12-11-23(18-44)33(38)39/h2*7-10,13-14,17,19-20,23,25-26,33H,11-12,15-16,18H2,1-6H3,(H,40,47)(H,42,43)/t2*23-,25?,26?/m10/s1. The van der Waals surface area contributed by atoms with Crippen LogP contribution in [0, 0.1) is 25.7 Å². The van der Waals surface area contributed by atoms with E-state index in [0.717, 1.165) is 104 Å². The summed E-state index contributed by atoms with van der Waals surface area (Å²) in [5.41, 5.74) is 13.1. The van der Waals surface area contributed by atoms with Crippen molar-refractivity contribution in [3.05, 3.63) is 131 Å². The van der Waals surface area contributed by atoms with Crippen LogP contribution in [0.1, 0.15) is 149 Å². The first-order chi connectivity index (χ1) is 45.7. The normalized spacial score (nSPS) is 22.1. The van der Waals surface area contributed by atoms with Gasteiger partial charge in [0.2, 0.25) is 24.7 Å². The van der Waals surface area contributed by atoms with Crippen LogP contribution in [0.25, 0.3) is 44.6 Å². The molecule has 4 fully saturated rings. The Hall–Kier alpha value is -8.76. The molecule has 14 rings (SSSR count). The predicted molar refractivity (Wildman–Crippen MR) is 368 cm³/mol. The van der Waals surface area contributed by atoms with Gasteiger partial charge in [0.05, 0.1) is 45.9 Å². The van der Waals surface area contributed by atoms with E-state index in [9.17, 15) is 36.7 Å². The fraction of sp³-hybridized carbons (Fsp3) is 0.459. The first-order valence-corrected chi connectivity index (χ1v) is 33.7. The van der Waals surface area contributed by atoms with Gasteiger partial charge < -0.3 is 40.2 Å². The molecule has 504 valence electrons. The smallest absolute Gasteiger partial charge is 0.251 e. The molecule has 4 aromatic carbocycles. The number of imidazole rings is 2. The minimum atomic E-state index is -2.28. The minimum absolute atomic E-state index is 0.0225. The second-order valence-electron chi connectivity index (χ2n) is 28.8. The molecule has 2 saturated heterocycles. The lowest BCUT2D eigenvalue weighted by atomic mass is 9.83. The lowest BCUT2D eigenvalue weighted by molar-refractivity contribution is -0.123. The number of fused-ring (bicyclic) bond motifs is 4. The fourth-order valence-corrected chi connectivity index (χ4v) is 15.3. The highest BCUT2D eigenvalue weighted by Gasteiger charge is 2.53. The van der Waals surface area contributed by atoms with Gasteiger partial charge in [0.1, 0.15) is 11.0 Å². The fourth-order valence-electron chi connectivity index (χ4n) is 15.3. The van der Waals surface area contributed by atoms with Gasteiger partial charge >= 0.3 is 0 Å². The summed E-state index contributed by atoms with van der Waals surface area (Å²) < 4.78 is 57.4. The summed E-state index contributed by atoms with van der Waals surface area (Å²) in [5, 5.41) is 12.4. The van der Waals surface area contributed by atoms with Crippen LogP contribution in [0.15, 0.2) is 97.6 Å². The number of hydrogen-bond donors (Lipinski definition) is 4. The Morgan fingerprint density at radius 3 is 1.26 bits per heavy atom. The van der Waals surface area contributed by atoms with Gasteiger partial charge in [0.25, 0.3) is 11.8 Å². The van der Waals surface area contributed by atoms with E-state index in [-0.39, 0.29) is 59.9 Å². The number of alkyl halides is 4. The molecule has 8 heterocycles. The number of nitrogens with zero attached hydrogens (tertiary/aromatic N) is 10. The Morgan fingerprint density at radius 2 is 0.917 bits per heavy atom. The monoisotopic (exact) mass is 1310 g/mol. The number of anilines is 6. The molecule has 0 bridgehead atoms. The van der Waals surface area contributed by atoms with Crippen molar-refractivity contribution in [3.8, 4) is 22.5 Å². The number of rotatable bonds is 16. The molecule has 4 aliphatic heterocycles. The van der Waals surface area contributed by atoms with Crippen LogP contribution in [-0.2, 0) is 20.4 Å². The minimum Gasteiger partial charge on any atom is -0.355 e. The number of nitrogens with one attached hydrogen (secondary N) is 4. The molecule has 2 atom stereocenters. The Labute approximate surface area is 557 Å². The number of carbonyl (C=O) groups excluding carboxylic acids is 4. The zero-order chi connectivity index (χ0) is 68.1. The number of carbonyl (C=O) groups is 4. The molecule has 18 nitrogen and oxygen atoms in total. The number of hydrogen-bond acceptors (Lipinski definition) is 12. The number of benzene rings is 4. The van der Waals surface area contributed by atoms with Crippen LogP contribution in [0.3, 0.4) is 0 Å². The van der Waals surface area contributed by atoms with E-state index in [1.165, 1.54) is 0 Å². The highest BCUT2D eigenvalue weighted by molar-refractivity contribution is 6.10. The van der Waals surface area contributed by atoms with Gasteiger partial charge in [-0.05, 0) is 192 Å². The summed E-state index contributed by atoms with van der Waals surface area (Å²) in [4.78, 5) is 80.9. The van der Waals surface area contributed by atoms with Crippen LogP contribution in [0.5, 0.6) is 0 Å². The SMILES string of the molecule is CNC(=O)c1cc(Nc2nc(-c3ccc4c(c3)N(C3CC(N5CC[C@@H](C(F)F)C5)C3)C(=O)C4(C)C)cc3ncn(C(C)C)c23)ccc1C.CNC(=O)c1cc(Nc2nc(-c3ccc4c(c3)N(C3CC(N5CC[C@H](C(F)F)C5)C3)C(=O)C4(C)C)cc3ncn(C(C)C)c23)ccc1C. The zero-order valence-electron chi connectivity index (χ0n) is 56.7. The molecular formula is C74H86F4N14O4. The maximum atomic E-state index is 13.9. The Kier molecular flexibility index (Phi) is 17.4. The lowest BCUT2D eigenvalue weighted by Crippen LogP contribution is -2.55. The van der Waals surface area contributed by atoms with Gasteiger partial charge in [0.15, 0.2) is 11.6 Å². The van der Waals surface area contributed by atoms with Crippen molar-refractivity contribution in [3.63, 3.8) is 0 Å². The van der Waals surface area contributed by atoms with Gasteiger partial charge in [-0.2, -0.15) is 0 Å². The molecule has 8 aromatic rings. The Balaban J connectivity index is 0.000000174. The largest absolute Gasteiger partial charge is 0.355 e. The maximum absolute atomic E-state index is 13.9. The van der Waals surface area contributed by atoms with Gasteiger partial charge in [-0.15, -0.1) is 0 Å². The first kappa shape index (κ1) is 65.9. The number of likely N-dealkylation sites (tertiary alicyclic amines) is 2. The molecule has 4 aromatic heterocycles. The highest BCUT2D eigenvalue weighted by atomic mass is 19.3.